The zero-order valence-corrected chi connectivity index (χ0v) is 11.9. The first-order valence-electron chi connectivity index (χ1n) is 7.50. The van der Waals surface area contributed by atoms with Gasteiger partial charge >= 0.3 is 0 Å². The molecule has 0 atom stereocenters. The quantitative estimate of drug-likeness (QED) is 0.928. The summed E-state index contributed by atoms with van der Waals surface area (Å²) in [7, 11) is 0. The maximum absolute atomic E-state index is 4.32. The molecular formula is C15H21N5. The summed E-state index contributed by atoms with van der Waals surface area (Å²) in [5, 5.41) is 16.0. The molecule has 0 radical (unpaired) electrons. The minimum Gasteiger partial charge on any atom is -0.382 e. The second-order valence-corrected chi connectivity index (χ2v) is 5.36. The fraction of sp³-hybridized carbons (Fsp3) is 0.533. The van der Waals surface area contributed by atoms with E-state index in [9.17, 15) is 0 Å². The maximum Gasteiger partial charge on any atom is 0.204 e. The second kappa shape index (κ2) is 6.03. The Balaban J connectivity index is 1.67. The second-order valence-electron chi connectivity index (χ2n) is 5.36. The van der Waals surface area contributed by atoms with E-state index in [2.05, 4.69) is 45.0 Å². The minimum atomic E-state index is 0.633. The predicted octanol–water partition coefficient (Wildman–Crippen LogP) is 3.10. The molecule has 1 N–H and O–H groups in total. The molecule has 5 nitrogen and oxygen atoms in total. The number of rotatable bonds is 4. The number of nitrogens with one attached hydrogen (secondary N) is 1. The molecular weight excluding hydrogens is 250 g/mol. The number of benzene rings is 1. The van der Waals surface area contributed by atoms with Crippen LogP contribution in [0.1, 0.15) is 39.0 Å². The average Bonchev–Trinajstić information content (AvgIpc) is 2.98. The van der Waals surface area contributed by atoms with Crippen LogP contribution in [0.3, 0.4) is 0 Å². The third kappa shape index (κ3) is 2.98. The van der Waals surface area contributed by atoms with Gasteiger partial charge in [0.05, 0.1) is 6.54 Å². The number of hydrogen-bond acceptors (Lipinski definition) is 4. The lowest BCUT2D eigenvalue weighted by atomic mass is 9.95. The molecule has 106 valence electrons. The van der Waals surface area contributed by atoms with Gasteiger partial charge in [-0.2, -0.15) is 4.80 Å². The van der Waals surface area contributed by atoms with Crippen molar-refractivity contribution in [1.82, 2.24) is 20.2 Å². The van der Waals surface area contributed by atoms with Crippen molar-refractivity contribution >= 4 is 5.69 Å². The van der Waals surface area contributed by atoms with Gasteiger partial charge in [-0.3, -0.25) is 0 Å². The van der Waals surface area contributed by atoms with Crippen molar-refractivity contribution in [2.24, 2.45) is 0 Å². The molecule has 1 fully saturated rings. The van der Waals surface area contributed by atoms with Crippen LogP contribution in [0, 0.1) is 0 Å². The molecule has 2 aromatic rings. The first-order valence-corrected chi connectivity index (χ1v) is 7.50. The van der Waals surface area contributed by atoms with E-state index in [0.29, 0.717) is 11.9 Å². The van der Waals surface area contributed by atoms with E-state index in [1.54, 1.807) is 4.80 Å². The van der Waals surface area contributed by atoms with Crippen molar-refractivity contribution in [2.45, 2.75) is 51.6 Å². The number of hydrogen-bond donors (Lipinski definition) is 1. The van der Waals surface area contributed by atoms with Gasteiger partial charge in [-0.15, -0.1) is 10.2 Å². The highest BCUT2D eigenvalue weighted by Crippen LogP contribution is 2.23. The van der Waals surface area contributed by atoms with Gasteiger partial charge in [0, 0.05) is 17.3 Å². The Bertz CT molecular complexity index is 540. The Morgan fingerprint density at radius 3 is 2.55 bits per heavy atom. The van der Waals surface area contributed by atoms with Gasteiger partial charge in [-0.25, -0.2) is 0 Å². The molecule has 1 aromatic carbocycles. The zero-order chi connectivity index (χ0) is 13.8. The smallest absolute Gasteiger partial charge is 0.204 e. The number of nitrogens with zero attached hydrogens (tertiary/aromatic N) is 4. The molecule has 1 heterocycles. The third-order valence-electron chi connectivity index (χ3n) is 3.85. The lowest BCUT2D eigenvalue weighted by molar-refractivity contribution is 0.463. The van der Waals surface area contributed by atoms with Crippen molar-refractivity contribution < 1.29 is 0 Å². The highest BCUT2D eigenvalue weighted by Gasteiger charge is 2.13. The summed E-state index contributed by atoms with van der Waals surface area (Å²) in [5.41, 5.74) is 2.20. The average molecular weight is 271 g/mol. The van der Waals surface area contributed by atoms with Crippen LogP contribution < -0.4 is 5.32 Å². The van der Waals surface area contributed by atoms with Crippen LogP contribution in [0.4, 0.5) is 5.69 Å². The SMILES string of the molecule is CCn1nnc(-c2ccc(NC3CCCCC3)cc2)n1. The van der Waals surface area contributed by atoms with E-state index in [4.69, 9.17) is 0 Å². The third-order valence-corrected chi connectivity index (χ3v) is 3.85. The van der Waals surface area contributed by atoms with E-state index in [0.717, 1.165) is 12.1 Å². The number of aromatic nitrogens is 4. The van der Waals surface area contributed by atoms with Gasteiger partial charge in [-0.05, 0) is 49.2 Å². The van der Waals surface area contributed by atoms with Crippen molar-refractivity contribution in [2.75, 3.05) is 5.32 Å². The summed E-state index contributed by atoms with van der Waals surface area (Å²) in [4.78, 5) is 1.60. The summed E-state index contributed by atoms with van der Waals surface area (Å²) in [5.74, 6) is 0.691. The van der Waals surface area contributed by atoms with E-state index in [1.807, 2.05) is 6.92 Å². The standard InChI is InChI=1S/C15H21N5/c1-2-20-18-15(17-19-20)12-8-10-14(11-9-12)16-13-6-4-3-5-7-13/h8-11,13,16H,2-7H2,1H3. The molecule has 1 saturated carbocycles. The summed E-state index contributed by atoms with van der Waals surface area (Å²) >= 11 is 0. The van der Waals surface area contributed by atoms with Crippen LogP contribution >= 0.6 is 0 Å². The molecule has 0 amide bonds. The summed E-state index contributed by atoms with van der Waals surface area (Å²) in [6.45, 7) is 2.75. The normalized spacial score (nSPS) is 16.2. The molecule has 0 bridgehead atoms. The van der Waals surface area contributed by atoms with E-state index in [1.165, 1.54) is 37.8 Å². The monoisotopic (exact) mass is 271 g/mol. The van der Waals surface area contributed by atoms with Crippen molar-refractivity contribution in [3.05, 3.63) is 24.3 Å². The topological polar surface area (TPSA) is 55.6 Å². The fourth-order valence-corrected chi connectivity index (χ4v) is 2.69. The summed E-state index contributed by atoms with van der Waals surface area (Å²) in [6.07, 6.45) is 6.65. The molecule has 0 spiro atoms. The Morgan fingerprint density at radius 1 is 1.15 bits per heavy atom. The van der Waals surface area contributed by atoms with Gasteiger partial charge in [-0.1, -0.05) is 19.3 Å². The van der Waals surface area contributed by atoms with Crippen LogP contribution in [0.25, 0.3) is 11.4 Å². The Hall–Kier alpha value is -1.91. The Kier molecular flexibility index (Phi) is 3.95. The molecule has 3 rings (SSSR count). The fourth-order valence-electron chi connectivity index (χ4n) is 2.69. The lowest BCUT2D eigenvalue weighted by Crippen LogP contribution is -2.22. The highest BCUT2D eigenvalue weighted by atomic mass is 15.6. The summed E-state index contributed by atoms with van der Waals surface area (Å²) < 4.78 is 0. The Morgan fingerprint density at radius 2 is 1.90 bits per heavy atom. The molecule has 0 aliphatic heterocycles. The molecule has 0 saturated heterocycles. The first kappa shape index (κ1) is 13.1. The number of anilines is 1. The van der Waals surface area contributed by atoms with Crippen molar-refractivity contribution in [3.8, 4) is 11.4 Å². The zero-order valence-electron chi connectivity index (χ0n) is 11.9. The van der Waals surface area contributed by atoms with Gasteiger partial charge in [0.25, 0.3) is 0 Å². The van der Waals surface area contributed by atoms with Crippen LogP contribution in [0.2, 0.25) is 0 Å². The van der Waals surface area contributed by atoms with Crippen LogP contribution in [-0.4, -0.2) is 26.2 Å². The van der Waals surface area contributed by atoms with Gasteiger partial charge < -0.3 is 5.32 Å². The van der Waals surface area contributed by atoms with Gasteiger partial charge in [0.1, 0.15) is 0 Å². The molecule has 20 heavy (non-hydrogen) atoms. The van der Waals surface area contributed by atoms with E-state index < -0.39 is 0 Å². The van der Waals surface area contributed by atoms with Crippen LogP contribution in [0.15, 0.2) is 24.3 Å². The molecule has 0 unspecified atom stereocenters. The van der Waals surface area contributed by atoms with Crippen LogP contribution in [-0.2, 0) is 6.54 Å². The van der Waals surface area contributed by atoms with E-state index in [-0.39, 0.29) is 0 Å². The summed E-state index contributed by atoms with van der Waals surface area (Å²) in [6, 6.07) is 8.96. The first-order chi connectivity index (χ1) is 9.85. The van der Waals surface area contributed by atoms with Crippen molar-refractivity contribution in [1.29, 1.82) is 0 Å². The van der Waals surface area contributed by atoms with Gasteiger partial charge in [0.15, 0.2) is 0 Å². The predicted molar refractivity (Wildman–Crippen MR) is 79.4 cm³/mol. The van der Waals surface area contributed by atoms with Crippen LogP contribution in [0.5, 0.6) is 0 Å². The highest BCUT2D eigenvalue weighted by molar-refractivity contribution is 5.59. The van der Waals surface area contributed by atoms with Crippen molar-refractivity contribution in [3.63, 3.8) is 0 Å². The molecule has 1 aliphatic carbocycles. The molecule has 1 aromatic heterocycles. The maximum atomic E-state index is 4.32. The lowest BCUT2D eigenvalue weighted by Gasteiger charge is -2.23. The molecule has 5 heteroatoms. The Labute approximate surface area is 119 Å². The number of tetrazole rings is 1. The largest absolute Gasteiger partial charge is 0.382 e. The minimum absolute atomic E-state index is 0.633. The van der Waals surface area contributed by atoms with E-state index >= 15 is 0 Å². The molecule has 1 aliphatic rings. The van der Waals surface area contributed by atoms with Gasteiger partial charge in [0.2, 0.25) is 5.82 Å². The number of aryl methyl sites for hydroxylation is 1.